The fourth-order valence-electron chi connectivity index (χ4n) is 4.59. The summed E-state index contributed by atoms with van der Waals surface area (Å²) in [6, 6.07) is 6.37. The van der Waals surface area contributed by atoms with E-state index in [9.17, 15) is 5.11 Å². The van der Waals surface area contributed by atoms with Crippen LogP contribution in [0.25, 0.3) is 22.4 Å². The second-order valence-electron chi connectivity index (χ2n) is 8.33. The van der Waals surface area contributed by atoms with Gasteiger partial charge in [0.2, 0.25) is 0 Å². The number of nitrogens with one attached hydrogen (secondary N) is 2. The molecule has 2 saturated heterocycles. The normalized spacial score (nSPS) is 23.5. The summed E-state index contributed by atoms with van der Waals surface area (Å²) in [5.74, 6) is 1.89. The number of fused-ring (bicyclic) bond motifs is 1. The second kappa shape index (κ2) is 8.51. The number of hydrogen-bond acceptors (Lipinski definition) is 8. The van der Waals surface area contributed by atoms with Crippen molar-refractivity contribution in [1.29, 1.82) is 0 Å². The molecule has 0 bridgehead atoms. The van der Waals surface area contributed by atoms with Crippen LogP contribution in [-0.4, -0.2) is 82.2 Å². The molecular formula is C22H29N7O2. The lowest BCUT2D eigenvalue weighted by Crippen LogP contribution is -2.44. The molecular weight excluding hydrogens is 394 g/mol. The Kier molecular flexibility index (Phi) is 5.58. The van der Waals surface area contributed by atoms with Crippen LogP contribution in [0.4, 0.5) is 5.82 Å². The number of morpholine rings is 1. The zero-order valence-electron chi connectivity index (χ0n) is 18.0. The molecule has 2 aliphatic heterocycles. The van der Waals surface area contributed by atoms with Crippen molar-refractivity contribution >= 4 is 16.9 Å². The molecule has 0 aromatic carbocycles. The van der Waals surface area contributed by atoms with Crippen molar-refractivity contribution in [1.82, 2.24) is 30.2 Å². The van der Waals surface area contributed by atoms with E-state index in [-0.39, 0.29) is 12.0 Å². The van der Waals surface area contributed by atoms with E-state index in [0.29, 0.717) is 19.0 Å². The molecule has 3 atom stereocenters. The molecule has 0 aliphatic carbocycles. The van der Waals surface area contributed by atoms with Crippen LogP contribution < -0.4 is 10.2 Å². The van der Waals surface area contributed by atoms with Crippen LogP contribution in [-0.2, 0) is 4.74 Å². The van der Waals surface area contributed by atoms with Gasteiger partial charge in [0.05, 0.1) is 24.9 Å². The van der Waals surface area contributed by atoms with E-state index in [1.54, 1.807) is 13.2 Å². The van der Waals surface area contributed by atoms with E-state index >= 15 is 0 Å². The van der Waals surface area contributed by atoms with E-state index in [4.69, 9.17) is 14.7 Å². The number of ether oxygens (including phenoxy) is 1. The minimum absolute atomic E-state index is 0.239. The molecule has 3 N–H and O–H groups in total. The van der Waals surface area contributed by atoms with Gasteiger partial charge in [-0.2, -0.15) is 0 Å². The lowest BCUT2D eigenvalue weighted by molar-refractivity contribution is -0.00181. The number of nitrogens with zero attached hydrogens (tertiary/aromatic N) is 5. The van der Waals surface area contributed by atoms with Crippen molar-refractivity contribution in [2.24, 2.45) is 0 Å². The number of pyridine rings is 1. The standard InChI is InChI=1S/C22H29N7O2/c1-14-13-31-10-9-29(14)19-11-18(15-5-8-28(12-15)22(30)23-2)26-21(27-19)17-4-7-25-20-16(17)3-6-24-20/h3-4,6-7,11,14-15,22-23,30H,5,8-10,12-13H2,1-2H3,(H,24,25)/t14-,15?,22?/m1/s1. The van der Waals surface area contributed by atoms with Gasteiger partial charge in [-0.3, -0.25) is 10.2 Å². The number of H-pyrrole nitrogens is 1. The number of anilines is 1. The van der Waals surface area contributed by atoms with Gasteiger partial charge >= 0.3 is 0 Å². The first kappa shape index (κ1) is 20.3. The molecule has 5 heterocycles. The number of likely N-dealkylation sites (tertiary alicyclic amines) is 1. The highest BCUT2D eigenvalue weighted by Crippen LogP contribution is 2.33. The van der Waals surface area contributed by atoms with Crippen molar-refractivity contribution in [2.45, 2.75) is 31.7 Å². The summed E-state index contributed by atoms with van der Waals surface area (Å²) >= 11 is 0. The third-order valence-electron chi connectivity index (χ3n) is 6.34. The smallest absolute Gasteiger partial charge is 0.162 e. The summed E-state index contributed by atoms with van der Waals surface area (Å²) in [5.41, 5.74) is 2.82. The van der Waals surface area contributed by atoms with Crippen LogP contribution in [0.5, 0.6) is 0 Å². The molecule has 9 nitrogen and oxygen atoms in total. The predicted molar refractivity (Wildman–Crippen MR) is 119 cm³/mol. The van der Waals surface area contributed by atoms with Gasteiger partial charge in [-0.15, -0.1) is 0 Å². The molecule has 3 aromatic heterocycles. The Morgan fingerprint density at radius 2 is 2.19 bits per heavy atom. The monoisotopic (exact) mass is 423 g/mol. The number of aromatic nitrogens is 4. The number of aliphatic hydroxyl groups excluding tert-OH is 1. The van der Waals surface area contributed by atoms with Gasteiger partial charge < -0.3 is 19.7 Å². The number of hydrogen-bond donors (Lipinski definition) is 3. The highest BCUT2D eigenvalue weighted by Gasteiger charge is 2.30. The summed E-state index contributed by atoms with van der Waals surface area (Å²) in [6.07, 6.45) is 4.00. The molecule has 2 aliphatic rings. The van der Waals surface area contributed by atoms with Crippen LogP contribution in [0.3, 0.4) is 0 Å². The molecule has 2 unspecified atom stereocenters. The van der Waals surface area contributed by atoms with Crippen molar-refractivity contribution in [3.63, 3.8) is 0 Å². The maximum absolute atomic E-state index is 10.2. The van der Waals surface area contributed by atoms with Gasteiger partial charge in [0, 0.05) is 55.0 Å². The fraction of sp³-hybridized carbons (Fsp3) is 0.500. The molecule has 0 radical (unpaired) electrons. The van der Waals surface area contributed by atoms with Gasteiger partial charge in [-0.1, -0.05) is 0 Å². The molecule has 5 rings (SSSR count). The second-order valence-corrected chi connectivity index (χ2v) is 8.33. The van der Waals surface area contributed by atoms with Gasteiger partial charge in [0.1, 0.15) is 11.5 Å². The van der Waals surface area contributed by atoms with Crippen molar-refractivity contribution in [2.75, 3.05) is 44.8 Å². The molecule has 0 amide bonds. The maximum atomic E-state index is 10.2. The number of aliphatic hydroxyl groups is 1. The van der Waals surface area contributed by atoms with Gasteiger partial charge in [0.25, 0.3) is 0 Å². The van der Waals surface area contributed by atoms with Crippen LogP contribution in [0, 0.1) is 0 Å². The van der Waals surface area contributed by atoms with Gasteiger partial charge in [-0.05, 0) is 32.5 Å². The zero-order valence-corrected chi connectivity index (χ0v) is 18.0. The highest BCUT2D eigenvalue weighted by molar-refractivity contribution is 5.91. The van der Waals surface area contributed by atoms with Gasteiger partial charge in [-0.25, -0.2) is 15.0 Å². The quantitative estimate of drug-likeness (QED) is 0.531. The summed E-state index contributed by atoms with van der Waals surface area (Å²) < 4.78 is 5.64. The molecule has 31 heavy (non-hydrogen) atoms. The summed E-state index contributed by atoms with van der Waals surface area (Å²) in [6.45, 7) is 5.94. The molecule has 2 fully saturated rings. The topological polar surface area (TPSA) is 102 Å². The van der Waals surface area contributed by atoms with Crippen LogP contribution in [0.15, 0.2) is 30.6 Å². The average molecular weight is 424 g/mol. The van der Waals surface area contributed by atoms with E-state index in [1.807, 2.05) is 23.2 Å². The first-order valence-corrected chi connectivity index (χ1v) is 10.9. The molecule has 3 aromatic rings. The fourth-order valence-corrected chi connectivity index (χ4v) is 4.59. The third kappa shape index (κ3) is 3.89. The predicted octanol–water partition coefficient (Wildman–Crippen LogP) is 1.53. The molecule has 0 spiro atoms. The Morgan fingerprint density at radius 3 is 3.03 bits per heavy atom. The Labute approximate surface area is 181 Å². The number of rotatable bonds is 5. The minimum atomic E-state index is -0.635. The zero-order chi connectivity index (χ0) is 21.4. The Bertz CT molecular complexity index is 1060. The largest absolute Gasteiger partial charge is 0.377 e. The summed E-state index contributed by atoms with van der Waals surface area (Å²) in [5, 5.41) is 14.1. The van der Waals surface area contributed by atoms with E-state index < -0.39 is 6.35 Å². The first-order valence-electron chi connectivity index (χ1n) is 10.9. The lowest BCUT2D eigenvalue weighted by Gasteiger charge is -2.34. The van der Waals surface area contributed by atoms with E-state index in [0.717, 1.165) is 54.2 Å². The third-order valence-corrected chi connectivity index (χ3v) is 6.34. The van der Waals surface area contributed by atoms with Crippen LogP contribution in [0.2, 0.25) is 0 Å². The maximum Gasteiger partial charge on any atom is 0.162 e. The van der Waals surface area contributed by atoms with E-state index in [2.05, 4.69) is 33.2 Å². The molecule has 0 saturated carbocycles. The van der Waals surface area contributed by atoms with E-state index in [1.165, 1.54) is 0 Å². The van der Waals surface area contributed by atoms with Crippen LogP contribution in [0.1, 0.15) is 25.0 Å². The SMILES string of the molecule is CNC(O)N1CCC(c2cc(N3CCOC[C@H]3C)nc(-c3ccnc4[nH]ccc34)n2)C1. The minimum Gasteiger partial charge on any atom is -0.377 e. The van der Waals surface area contributed by atoms with Crippen LogP contribution >= 0.6 is 0 Å². The Balaban J connectivity index is 1.57. The van der Waals surface area contributed by atoms with Crippen molar-refractivity contribution in [3.8, 4) is 11.4 Å². The average Bonchev–Trinajstić information content (AvgIpc) is 3.48. The highest BCUT2D eigenvalue weighted by atomic mass is 16.5. The summed E-state index contributed by atoms with van der Waals surface area (Å²) in [4.78, 5) is 21.9. The first-order chi connectivity index (χ1) is 15.1. The Hall–Kier alpha value is -2.59. The van der Waals surface area contributed by atoms with Crippen molar-refractivity contribution in [3.05, 3.63) is 36.3 Å². The molecule has 9 heteroatoms. The number of aromatic amines is 1. The van der Waals surface area contributed by atoms with Crippen molar-refractivity contribution < 1.29 is 9.84 Å². The Morgan fingerprint density at radius 1 is 1.29 bits per heavy atom. The van der Waals surface area contributed by atoms with Gasteiger partial charge in [0.15, 0.2) is 12.2 Å². The lowest BCUT2D eigenvalue weighted by atomic mass is 10.0. The molecule has 164 valence electrons. The summed E-state index contributed by atoms with van der Waals surface area (Å²) in [7, 11) is 1.77.